The number of morpholine rings is 1. The first-order valence-corrected chi connectivity index (χ1v) is 9.75. The largest absolute Gasteiger partial charge is 0.378 e. The number of carbonyl (C=O) groups excluding carboxylic acids is 1. The van der Waals surface area contributed by atoms with E-state index in [1.54, 1.807) is 0 Å². The van der Waals surface area contributed by atoms with E-state index in [1.165, 1.54) is 11.8 Å². The summed E-state index contributed by atoms with van der Waals surface area (Å²) >= 11 is 1.41. The Morgan fingerprint density at radius 2 is 1.96 bits per heavy atom. The highest BCUT2D eigenvalue weighted by Gasteiger charge is 2.19. The molecule has 1 aliphatic rings. The van der Waals surface area contributed by atoms with Gasteiger partial charge in [-0.1, -0.05) is 18.7 Å². The van der Waals surface area contributed by atoms with Gasteiger partial charge in [0, 0.05) is 37.9 Å². The number of amides is 1. The van der Waals surface area contributed by atoms with Crippen molar-refractivity contribution in [1.29, 1.82) is 0 Å². The lowest BCUT2D eigenvalue weighted by Crippen LogP contribution is -2.36. The van der Waals surface area contributed by atoms with Crippen LogP contribution in [0, 0.1) is 0 Å². The molecule has 1 fully saturated rings. The average molecular weight is 375 g/mol. The lowest BCUT2D eigenvalue weighted by molar-refractivity contribution is -0.115. The molecule has 2 aromatic rings. The summed E-state index contributed by atoms with van der Waals surface area (Å²) in [5.74, 6) is 0.869. The third kappa shape index (κ3) is 4.37. The smallest absolute Gasteiger partial charge is 0.237 e. The lowest BCUT2D eigenvalue weighted by Gasteiger charge is -2.28. The summed E-state index contributed by atoms with van der Waals surface area (Å²) in [7, 11) is 1.93. The van der Waals surface area contributed by atoms with E-state index in [0.717, 1.165) is 55.1 Å². The van der Waals surface area contributed by atoms with E-state index >= 15 is 0 Å². The molecule has 1 N–H and O–H groups in total. The van der Waals surface area contributed by atoms with E-state index in [9.17, 15) is 4.79 Å². The Labute approximate surface area is 158 Å². The maximum absolute atomic E-state index is 12.5. The molecule has 140 valence electrons. The molecule has 1 aromatic carbocycles. The zero-order valence-corrected chi connectivity index (χ0v) is 16.3. The minimum Gasteiger partial charge on any atom is -0.378 e. The number of rotatable bonds is 6. The maximum atomic E-state index is 12.5. The van der Waals surface area contributed by atoms with Crippen LogP contribution in [-0.4, -0.2) is 52.2 Å². The minimum absolute atomic E-state index is 0.0461. The Morgan fingerprint density at radius 1 is 1.27 bits per heavy atom. The summed E-state index contributed by atoms with van der Waals surface area (Å²) < 4.78 is 7.31. The van der Waals surface area contributed by atoms with E-state index in [2.05, 4.69) is 20.4 Å². The number of benzene rings is 1. The Morgan fingerprint density at radius 3 is 2.58 bits per heavy atom. The summed E-state index contributed by atoms with van der Waals surface area (Å²) in [5.41, 5.74) is 1.95. The molecule has 1 saturated heterocycles. The Kier molecular flexibility index (Phi) is 6.16. The lowest BCUT2D eigenvalue weighted by atomic mass is 10.2. The Balaban J connectivity index is 1.57. The van der Waals surface area contributed by atoms with Gasteiger partial charge in [0.25, 0.3) is 0 Å². The van der Waals surface area contributed by atoms with Crippen molar-refractivity contribution in [3.8, 4) is 0 Å². The van der Waals surface area contributed by atoms with Gasteiger partial charge in [-0.15, -0.1) is 10.2 Å². The van der Waals surface area contributed by atoms with Crippen LogP contribution in [0.4, 0.5) is 11.4 Å². The molecule has 1 atom stereocenters. The molecule has 0 bridgehead atoms. The van der Waals surface area contributed by atoms with Gasteiger partial charge in [0.15, 0.2) is 5.16 Å². The number of carbonyl (C=O) groups is 1. The van der Waals surface area contributed by atoms with Crippen LogP contribution < -0.4 is 10.2 Å². The first-order chi connectivity index (χ1) is 12.6. The summed E-state index contributed by atoms with van der Waals surface area (Å²) in [4.78, 5) is 14.8. The zero-order valence-electron chi connectivity index (χ0n) is 15.4. The monoisotopic (exact) mass is 375 g/mol. The Hall–Kier alpha value is -2.06. The van der Waals surface area contributed by atoms with Crippen LogP contribution in [-0.2, 0) is 23.0 Å². The van der Waals surface area contributed by atoms with E-state index in [0.29, 0.717) is 0 Å². The highest BCUT2D eigenvalue weighted by atomic mass is 32.2. The van der Waals surface area contributed by atoms with Gasteiger partial charge in [-0.2, -0.15) is 0 Å². The fourth-order valence-corrected chi connectivity index (χ4v) is 3.62. The molecule has 8 heteroatoms. The summed E-state index contributed by atoms with van der Waals surface area (Å²) in [6, 6.07) is 7.96. The first kappa shape index (κ1) is 18.7. The van der Waals surface area contributed by atoms with Crippen molar-refractivity contribution in [3.05, 3.63) is 30.1 Å². The molecule has 0 saturated carbocycles. The predicted molar refractivity (Wildman–Crippen MR) is 104 cm³/mol. The zero-order chi connectivity index (χ0) is 18.5. The van der Waals surface area contributed by atoms with Crippen LogP contribution >= 0.6 is 11.8 Å². The van der Waals surface area contributed by atoms with Gasteiger partial charge in [0.2, 0.25) is 5.91 Å². The van der Waals surface area contributed by atoms with E-state index in [4.69, 9.17) is 4.74 Å². The van der Waals surface area contributed by atoms with Crippen LogP contribution in [0.15, 0.2) is 29.4 Å². The molecule has 0 aliphatic carbocycles. The quantitative estimate of drug-likeness (QED) is 0.782. The molecule has 7 nitrogen and oxygen atoms in total. The second kappa shape index (κ2) is 8.55. The number of nitrogens with zero attached hydrogens (tertiary/aromatic N) is 4. The van der Waals surface area contributed by atoms with Crippen molar-refractivity contribution < 1.29 is 9.53 Å². The van der Waals surface area contributed by atoms with Gasteiger partial charge in [-0.05, 0) is 31.2 Å². The number of ether oxygens (including phenoxy) is 1. The fourth-order valence-electron chi connectivity index (χ4n) is 2.79. The minimum atomic E-state index is -0.262. The molecular formula is C18H25N5O2S. The van der Waals surface area contributed by atoms with Crippen molar-refractivity contribution in [1.82, 2.24) is 14.8 Å². The number of nitrogens with one attached hydrogen (secondary N) is 1. The summed E-state index contributed by atoms with van der Waals surface area (Å²) in [6.07, 6.45) is 0.820. The molecular weight excluding hydrogens is 350 g/mol. The molecule has 0 spiro atoms. The van der Waals surface area contributed by atoms with E-state index < -0.39 is 0 Å². The molecule has 0 radical (unpaired) electrons. The number of anilines is 2. The van der Waals surface area contributed by atoms with Crippen LogP contribution in [0.25, 0.3) is 0 Å². The van der Waals surface area contributed by atoms with Gasteiger partial charge in [0.1, 0.15) is 5.82 Å². The van der Waals surface area contributed by atoms with Crippen molar-refractivity contribution in [2.75, 3.05) is 36.5 Å². The van der Waals surface area contributed by atoms with E-state index in [1.807, 2.05) is 49.7 Å². The average Bonchev–Trinajstić information content (AvgIpc) is 3.02. The highest BCUT2D eigenvalue weighted by molar-refractivity contribution is 8.00. The fraction of sp³-hybridized carbons (Fsp3) is 0.500. The van der Waals surface area contributed by atoms with Crippen LogP contribution in [0.5, 0.6) is 0 Å². The van der Waals surface area contributed by atoms with Crippen LogP contribution in [0.2, 0.25) is 0 Å². The highest BCUT2D eigenvalue weighted by Crippen LogP contribution is 2.24. The topological polar surface area (TPSA) is 72.3 Å². The van der Waals surface area contributed by atoms with Gasteiger partial charge in [-0.25, -0.2) is 0 Å². The van der Waals surface area contributed by atoms with Gasteiger partial charge < -0.3 is 19.5 Å². The first-order valence-electron chi connectivity index (χ1n) is 8.87. The molecule has 2 heterocycles. The molecule has 3 rings (SSSR count). The molecule has 1 aliphatic heterocycles. The summed E-state index contributed by atoms with van der Waals surface area (Å²) in [5, 5.41) is 11.8. The predicted octanol–water partition coefficient (Wildman–Crippen LogP) is 2.33. The van der Waals surface area contributed by atoms with Gasteiger partial charge in [-0.3, -0.25) is 4.79 Å². The summed E-state index contributed by atoms with van der Waals surface area (Å²) in [6.45, 7) is 7.23. The second-order valence-corrected chi connectivity index (χ2v) is 7.51. The van der Waals surface area contributed by atoms with Crippen molar-refractivity contribution in [2.45, 2.75) is 30.7 Å². The third-order valence-corrected chi connectivity index (χ3v) is 5.54. The number of hydrogen-bond acceptors (Lipinski definition) is 6. The molecule has 1 unspecified atom stereocenters. The second-order valence-electron chi connectivity index (χ2n) is 6.21. The number of thioether (sulfide) groups is 1. The SMILES string of the molecule is CCc1nnc(SC(C)C(=O)Nc2ccc(N3CCOCC3)cc2)n1C. The standard InChI is InChI=1S/C18H25N5O2S/c1-4-16-20-21-18(22(16)3)26-13(2)17(24)19-14-5-7-15(8-6-14)23-9-11-25-12-10-23/h5-8,13H,4,9-12H2,1-3H3,(H,19,24). The van der Waals surface area contributed by atoms with Crippen molar-refractivity contribution in [2.24, 2.45) is 7.05 Å². The maximum Gasteiger partial charge on any atom is 0.237 e. The van der Waals surface area contributed by atoms with E-state index in [-0.39, 0.29) is 11.2 Å². The number of aryl methyl sites for hydroxylation is 1. The van der Waals surface area contributed by atoms with Gasteiger partial charge in [0.05, 0.1) is 18.5 Å². The number of aromatic nitrogens is 3. The van der Waals surface area contributed by atoms with Crippen LogP contribution in [0.3, 0.4) is 0 Å². The molecule has 1 amide bonds. The van der Waals surface area contributed by atoms with Crippen molar-refractivity contribution >= 4 is 29.0 Å². The van der Waals surface area contributed by atoms with Crippen molar-refractivity contribution in [3.63, 3.8) is 0 Å². The number of hydrogen-bond donors (Lipinski definition) is 1. The third-order valence-electron chi connectivity index (χ3n) is 4.40. The van der Waals surface area contributed by atoms with Gasteiger partial charge >= 0.3 is 0 Å². The normalized spacial score (nSPS) is 15.7. The molecule has 1 aromatic heterocycles. The Bertz CT molecular complexity index is 741. The van der Waals surface area contributed by atoms with Crippen LogP contribution in [0.1, 0.15) is 19.7 Å². The molecule has 26 heavy (non-hydrogen) atoms.